The smallest absolute Gasteiger partial charge is 0.0594 e. The van der Waals surface area contributed by atoms with Gasteiger partial charge in [0.1, 0.15) is 0 Å². The molecule has 0 aromatic heterocycles. The van der Waals surface area contributed by atoms with Gasteiger partial charge in [0.15, 0.2) is 0 Å². The van der Waals surface area contributed by atoms with Gasteiger partial charge in [-0.3, -0.25) is 0 Å². The third-order valence-electron chi connectivity index (χ3n) is 17.1. The Labute approximate surface area is 381 Å². The van der Waals surface area contributed by atoms with Crippen molar-refractivity contribution in [3.63, 3.8) is 0 Å². The standard InChI is InChI=1S/C30H50O.C30H50/c1-20(2)10-9-11-21(3)22-14-18-30(8)24-12-13-25-27(4,5)26(31)16-17-28(25,6)23(24)15-19-29(22,30)7;1-25(2)15-11-19-29(7)23-13-21-27(5)17-9-10-18-28(6)22-14-24-30(8)20-12-16-26(3)4/h10,21-22,25-26,31H,9,11-19H2,1-8H3;15-18,23-24H,9-14,19-22H2,1-8H3/b;27-17+,28-18+,29-23+,30-24+/t21-,22-,25+,26+,28-,29-,30+;/m1./s1. The van der Waals surface area contributed by atoms with E-state index >= 15 is 0 Å². The van der Waals surface area contributed by atoms with Crippen LogP contribution in [0, 0.1) is 39.4 Å². The molecule has 2 saturated carbocycles. The first-order chi connectivity index (χ1) is 28.6. The van der Waals surface area contributed by atoms with Crippen LogP contribution < -0.4 is 0 Å². The Morgan fingerprint density at radius 1 is 0.525 bits per heavy atom. The van der Waals surface area contributed by atoms with Gasteiger partial charge >= 0.3 is 0 Å². The number of aliphatic hydroxyl groups excluding tert-OH is 1. The number of unbranched alkanes of at least 4 members (excludes halogenated alkanes) is 1. The van der Waals surface area contributed by atoms with Gasteiger partial charge in [0.05, 0.1) is 6.10 Å². The predicted molar refractivity (Wildman–Crippen MR) is 273 cm³/mol. The molecule has 0 bridgehead atoms. The Morgan fingerprint density at radius 3 is 1.44 bits per heavy atom. The van der Waals surface area contributed by atoms with Gasteiger partial charge in [-0.2, -0.15) is 0 Å². The lowest BCUT2D eigenvalue weighted by Gasteiger charge is -2.62. The Morgan fingerprint density at radius 2 is 0.967 bits per heavy atom. The molecule has 4 aliphatic rings. The molecule has 2 fully saturated rings. The van der Waals surface area contributed by atoms with Crippen molar-refractivity contribution in [2.75, 3.05) is 0 Å². The van der Waals surface area contributed by atoms with Gasteiger partial charge < -0.3 is 5.11 Å². The largest absolute Gasteiger partial charge is 0.393 e. The minimum Gasteiger partial charge on any atom is -0.393 e. The molecule has 1 N–H and O–H groups in total. The first kappa shape index (κ1) is 53.2. The number of rotatable bonds is 19. The molecular weight excluding hydrogens is 737 g/mol. The van der Waals surface area contributed by atoms with Crippen molar-refractivity contribution in [3.8, 4) is 0 Å². The zero-order valence-electron chi connectivity index (χ0n) is 43.4. The number of hydrogen-bond donors (Lipinski definition) is 1. The summed E-state index contributed by atoms with van der Waals surface area (Å²) in [5.74, 6) is 2.32. The zero-order valence-corrected chi connectivity index (χ0v) is 43.4. The molecule has 61 heavy (non-hydrogen) atoms. The molecule has 4 rings (SSSR count). The van der Waals surface area contributed by atoms with Gasteiger partial charge in [-0.25, -0.2) is 0 Å². The van der Waals surface area contributed by atoms with Crippen molar-refractivity contribution in [1.82, 2.24) is 0 Å². The second-order valence-electron chi connectivity index (χ2n) is 23.1. The molecule has 1 heteroatoms. The minimum atomic E-state index is -0.130. The van der Waals surface area contributed by atoms with Crippen LogP contribution in [-0.4, -0.2) is 11.2 Å². The number of allylic oxidation sites excluding steroid dienone is 16. The van der Waals surface area contributed by atoms with Gasteiger partial charge in [-0.1, -0.05) is 134 Å². The average molecular weight is 837 g/mol. The van der Waals surface area contributed by atoms with Crippen LogP contribution in [0.25, 0.3) is 0 Å². The molecule has 7 atom stereocenters. The van der Waals surface area contributed by atoms with Crippen molar-refractivity contribution in [1.29, 1.82) is 0 Å². The third kappa shape index (κ3) is 14.7. The van der Waals surface area contributed by atoms with Crippen LogP contribution in [-0.2, 0) is 0 Å². The number of aliphatic hydroxyl groups is 1. The predicted octanol–water partition coefficient (Wildman–Crippen LogP) is 19.1. The molecular formula is C60H100O. The fourth-order valence-corrected chi connectivity index (χ4v) is 12.8. The number of fused-ring (bicyclic) bond motifs is 4. The summed E-state index contributed by atoms with van der Waals surface area (Å²) in [6.45, 7) is 37.4. The molecule has 1 nitrogen and oxygen atoms in total. The maximum atomic E-state index is 10.8. The zero-order chi connectivity index (χ0) is 45.6. The Balaban J connectivity index is 0.000000326. The molecule has 0 unspecified atom stereocenters. The van der Waals surface area contributed by atoms with Gasteiger partial charge in [0.2, 0.25) is 0 Å². The van der Waals surface area contributed by atoms with Gasteiger partial charge in [0.25, 0.3) is 0 Å². The normalized spacial score (nSPS) is 29.4. The molecule has 0 radical (unpaired) electrons. The molecule has 0 saturated heterocycles. The summed E-state index contributed by atoms with van der Waals surface area (Å²) in [5, 5.41) is 10.8. The fourth-order valence-electron chi connectivity index (χ4n) is 12.8. The molecule has 346 valence electrons. The van der Waals surface area contributed by atoms with Crippen LogP contribution in [0.1, 0.15) is 239 Å². The van der Waals surface area contributed by atoms with Crippen LogP contribution >= 0.6 is 0 Å². The van der Waals surface area contributed by atoms with E-state index in [9.17, 15) is 5.11 Å². The van der Waals surface area contributed by atoms with Crippen molar-refractivity contribution in [3.05, 3.63) is 92.7 Å². The highest BCUT2D eigenvalue weighted by atomic mass is 16.3. The summed E-state index contributed by atoms with van der Waals surface area (Å²) in [6.07, 6.45) is 41.4. The summed E-state index contributed by atoms with van der Waals surface area (Å²) in [7, 11) is 0. The number of hydrogen-bond acceptors (Lipinski definition) is 1. The quantitative estimate of drug-likeness (QED) is 0.102. The first-order valence-electron chi connectivity index (χ1n) is 25.5. The van der Waals surface area contributed by atoms with Crippen LogP contribution in [0.2, 0.25) is 0 Å². The van der Waals surface area contributed by atoms with Crippen molar-refractivity contribution < 1.29 is 5.11 Å². The van der Waals surface area contributed by atoms with E-state index in [0.29, 0.717) is 22.2 Å². The van der Waals surface area contributed by atoms with E-state index in [1.54, 1.807) is 0 Å². The van der Waals surface area contributed by atoms with E-state index in [4.69, 9.17) is 0 Å². The second kappa shape index (κ2) is 24.2. The highest BCUT2D eigenvalue weighted by Gasteiger charge is 2.63. The molecule has 4 aliphatic carbocycles. The highest BCUT2D eigenvalue weighted by Crippen LogP contribution is 2.72. The summed E-state index contributed by atoms with van der Waals surface area (Å²) >= 11 is 0. The minimum absolute atomic E-state index is 0.0465. The molecule has 0 aromatic carbocycles. The topological polar surface area (TPSA) is 20.2 Å². The lowest BCUT2D eigenvalue weighted by molar-refractivity contribution is -0.0962. The fraction of sp³-hybridized carbons (Fsp3) is 0.733. The Kier molecular flexibility index (Phi) is 21.2. The molecule has 0 amide bonds. The van der Waals surface area contributed by atoms with Crippen LogP contribution in [0.3, 0.4) is 0 Å². The highest BCUT2D eigenvalue weighted by molar-refractivity contribution is 5.39. The van der Waals surface area contributed by atoms with E-state index in [-0.39, 0.29) is 11.5 Å². The third-order valence-corrected chi connectivity index (χ3v) is 17.1. The molecule has 0 heterocycles. The van der Waals surface area contributed by atoms with Crippen molar-refractivity contribution in [2.24, 2.45) is 39.4 Å². The van der Waals surface area contributed by atoms with E-state index in [1.807, 2.05) is 11.1 Å². The summed E-state index contributed by atoms with van der Waals surface area (Å²) in [5.41, 5.74) is 15.4. The van der Waals surface area contributed by atoms with Crippen molar-refractivity contribution >= 4 is 0 Å². The van der Waals surface area contributed by atoms with Gasteiger partial charge in [-0.15, -0.1) is 0 Å². The second-order valence-corrected chi connectivity index (χ2v) is 23.1. The Bertz CT molecular complexity index is 1590. The lowest BCUT2D eigenvalue weighted by atomic mass is 9.43. The van der Waals surface area contributed by atoms with Gasteiger partial charge in [0, 0.05) is 0 Å². The van der Waals surface area contributed by atoms with Crippen LogP contribution in [0.5, 0.6) is 0 Å². The SMILES string of the molecule is CC(C)=CCC/C(C)=C/CC/C(C)=C/CC/C=C(\C)CC/C=C(\C)CCC=C(C)C.CC(C)=CCC[C@@H](C)[C@H]1CC[C@@]2(C)C3=C(CC[C@]12C)[C@@]1(C)CC[C@H](O)C(C)(C)[C@@H]1CC3. The van der Waals surface area contributed by atoms with E-state index in [0.717, 1.165) is 18.3 Å². The van der Waals surface area contributed by atoms with Crippen LogP contribution in [0.4, 0.5) is 0 Å². The Hall–Kier alpha value is -2.12. The first-order valence-corrected chi connectivity index (χ1v) is 25.5. The average Bonchev–Trinajstić information content (AvgIpc) is 3.45. The molecule has 0 aromatic rings. The molecule has 0 aliphatic heterocycles. The van der Waals surface area contributed by atoms with E-state index < -0.39 is 0 Å². The van der Waals surface area contributed by atoms with E-state index in [1.165, 1.54) is 161 Å². The lowest BCUT2D eigenvalue weighted by Crippen LogP contribution is -2.55. The summed E-state index contributed by atoms with van der Waals surface area (Å²) in [4.78, 5) is 0. The summed E-state index contributed by atoms with van der Waals surface area (Å²) in [6, 6.07) is 0. The van der Waals surface area contributed by atoms with E-state index in [2.05, 4.69) is 153 Å². The van der Waals surface area contributed by atoms with Crippen molar-refractivity contribution in [2.45, 2.75) is 245 Å². The monoisotopic (exact) mass is 837 g/mol. The van der Waals surface area contributed by atoms with Crippen LogP contribution in [0.15, 0.2) is 92.7 Å². The maximum Gasteiger partial charge on any atom is 0.0594 e. The molecule has 0 spiro atoms. The maximum absolute atomic E-state index is 10.8. The summed E-state index contributed by atoms with van der Waals surface area (Å²) < 4.78 is 0. The van der Waals surface area contributed by atoms with Gasteiger partial charge in [-0.05, 0) is 237 Å².